The number of hydrogen-bond acceptors (Lipinski definition) is 7. The third-order valence-corrected chi connectivity index (χ3v) is 3.93. The van der Waals surface area contributed by atoms with Crippen molar-refractivity contribution in [3.63, 3.8) is 0 Å². The zero-order chi connectivity index (χ0) is 14.7. The highest BCUT2D eigenvalue weighted by molar-refractivity contribution is 5.37. The number of anilines is 2. The SMILES string of the molecule is CC(Nc1nc(NN)nc(-n2cccn2)n1)C1CCCC1. The zero-order valence-electron chi connectivity index (χ0n) is 12.0. The number of nitrogens with one attached hydrogen (secondary N) is 2. The van der Waals surface area contributed by atoms with Crippen LogP contribution in [0.4, 0.5) is 11.9 Å². The van der Waals surface area contributed by atoms with Gasteiger partial charge < -0.3 is 5.32 Å². The minimum absolute atomic E-state index is 0.316. The predicted octanol–water partition coefficient (Wildman–Crippen LogP) is 1.33. The first-order chi connectivity index (χ1) is 10.3. The van der Waals surface area contributed by atoms with E-state index in [2.05, 4.69) is 37.7 Å². The molecule has 1 saturated carbocycles. The molecule has 8 heteroatoms. The molecule has 2 aromatic rings. The molecule has 4 N–H and O–H groups in total. The molecule has 21 heavy (non-hydrogen) atoms. The second-order valence-electron chi connectivity index (χ2n) is 5.36. The summed E-state index contributed by atoms with van der Waals surface area (Å²) in [6.07, 6.45) is 8.58. The van der Waals surface area contributed by atoms with E-state index in [1.165, 1.54) is 25.7 Å². The van der Waals surface area contributed by atoms with Crippen LogP contribution in [0.25, 0.3) is 5.95 Å². The molecule has 0 spiro atoms. The van der Waals surface area contributed by atoms with Crippen LogP contribution >= 0.6 is 0 Å². The first kappa shape index (κ1) is 13.7. The summed E-state index contributed by atoms with van der Waals surface area (Å²) in [7, 11) is 0. The van der Waals surface area contributed by atoms with E-state index in [9.17, 15) is 0 Å². The largest absolute Gasteiger partial charge is 0.351 e. The van der Waals surface area contributed by atoms with Gasteiger partial charge in [-0.1, -0.05) is 12.8 Å². The second-order valence-corrected chi connectivity index (χ2v) is 5.36. The first-order valence-electron chi connectivity index (χ1n) is 7.25. The topological polar surface area (TPSA) is 107 Å². The van der Waals surface area contributed by atoms with E-state index in [-0.39, 0.29) is 0 Å². The van der Waals surface area contributed by atoms with Crippen LogP contribution in [0.1, 0.15) is 32.6 Å². The Labute approximate surface area is 123 Å². The number of aromatic nitrogens is 5. The summed E-state index contributed by atoms with van der Waals surface area (Å²) in [6, 6.07) is 2.14. The molecule has 2 heterocycles. The van der Waals surface area contributed by atoms with E-state index in [1.54, 1.807) is 17.1 Å². The van der Waals surface area contributed by atoms with Gasteiger partial charge in [-0.2, -0.15) is 20.1 Å². The van der Waals surface area contributed by atoms with E-state index in [0.717, 1.165) is 0 Å². The van der Waals surface area contributed by atoms with Gasteiger partial charge in [-0.05, 0) is 31.7 Å². The van der Waals surface area contributed by atoms with Crippen molar-refractivity contribution in [1.82, 2.24) is 24.7 Å². The van der Waals surface area contributed by atoms with E-state index >= 15 is 0 Å². The lowest BCUT2D eigenvalue weighted by Crippen LogP contribution is -2.26. The monoisotopic (exact) mass is 288 g/mol. The fourth-order valence-corrected chi connectivity index (χ4v) is 2.76. The Bertz CT molecular complexity index is 576. The van der Waals surface area contributed by atoms with Crippen molar-refractivity contribution < 1.29 is 0 Å². The lowest BCUT2D eigenvalue weighted by Gasteiger charge is -2.20. The van der Waals surface area contributed by atoms with Gasteiger partial charge in [0.25, 0.3) is 5.95 Å². The Hall–Kier alpha value is -2.22. The molecule has 3 rings (SSSR count). The summed E-state index contributed by atoms with van der Waals surface area (Å²) < 4.78 is 1.58. The number of rotatable bonds is 5. The Morgan fingerprint density at radius 1 is 1.24 bits per heavy atom. The smallest absolute Gasteiger partial charge is 0.257 e. The molecule has 1 aliphatic rings. The minimum Gasteiger partial charge on any atom is -0.351 e. The van der Waals surface area contributed by atoms with Crippen LogP contribution in [0.3, 0.4) is 0 Å². The van der Waals surface area contributed by atoms with Gasteiger partial charge in [-0.3, -0.25) is 5.43 Å². The fourth-order valence-electron chi connectivity index (χ4n) is 2.76. The quantitative estimate of drug-likeness (QED) is 0.563. The Morgan fingerprint density at radius 3 is 2.67 bits per heavy atom. The number of hydrogen-bond donors (Lipinski definition) is 3. The van der Waals surface area contributed by atoms with Gasteiger partial charge in [0.1, 0.15) is 0 Å². The molecule has 2 aromatic heterocycles. The van der Waals surface area contributed by atoms with E-state index < -0.39 is 0 Å². The summed E-state index contributed by atoms with van der Waals surface area (Å²) in [4.78, 5) is 12.9. The van der Waals surface area contributed by atoms with Crippen LogP contribution in [-0.4, -0.2) is 30.8 Å². The third kappa shape index (κ3) is 3.10. The van der Waals surface area contributed by atoms with Gasteiger partial charge in [0.2, 0.25) is 11.9 Å². The van der Waals surface area contributed by atoms with Gasteiger partial charge in [-0.15, -0.1) is 0 Å². The van der Waals surface area contributed by atoms with Gasteiger partial charge in [0, 0.05) is 18.4 Å². The third-order valence-electron chi connectivity index (χ3n) is 3.93. The number of nitrogen functional groups attached to an aromatic ring is 1. The highest BCUT2D eigenvalue weighted by Gasteiger charge is 2.22. The molecular formula is C13H20N8. The van der Waals surface area contributed by atoms with Gasteiger partial charge in [0.05, 0.1) is 0 Å². The molecule has 0 aromatic carbocycles. The van der Waals surface area contributed by atoms with Crippen LogP contribution < -0.4 is 16.6 Å². The maximum absolute atomic E-state index is 5.43. The number of hydrazine groups is 1. The lowest BCUT2D eigenvalue weighted by atomic mass is 10.0. The van der Waals surface area contributed by atoms with Crippen molar-refractivity contribution in [3.8, 4) is 5.95 Å². The van der Waals surface area contributed by atoms with Crippen molar-refractivity contribution >= 4 is 11.9 Å². The molecule has 112 valence electrons. The summed E-state index contributed by atoms with van der Waals surface area (Å²) in [6.45, 7) is 2.17. The molecule has 0 amide bonds. The van der Waals surface area contributed by atoms with Crippen molar-refractivity contribution in [2.45, 2.75) is 38.6 Å². The number of nitrogens with two attached hydrogens (primary N) is 1. The summed E-state index contributed by atoms with van der Waals surface area (Å²) >= 11 is 0. The van der Waals surface area contributed by atoms with Crippen LogP contribution in [0.5, 0.6) is 0 Å². The molecule has 0 bridgehead atoms. The summed E-state index contributed by atoms with van der Waals surface area (Å²) in [5.74, 6) is 7.37. The highest BCUT2D eigenvalue weighted by atomic mass is 15.4. The standard InChI is InChI=1S/C13H20N8/c1-9(10-5-2-3-6-10)16-11-17-12(20-14)19-13(18-11)21-8-4-7-15-21/h4,7-10H,2-3,5-6,14H2,1H3,(H2,16,17,18,19,20). The molecule has 1 atom stereocenters. The molecular weight excluding hydrogens is 268 g/mol. The molecule has 1 aliphatic carbocycles. The predicted molar refractivity (Wildman–Crippen MR) is 79.8 cm³/mol. The molecule has 1 fully saturated rings. The molecule has 8 nitrogen and oxygen atoms in total. The maximum atomic E-state index is 5.43. The van der Waals surface area contributed by atoms with Gasteiger partial charge in [0.15, 0.2) is 0 Å². The zero-order valence-corrected chi connectivity index (χ0v) is 12.0. The first-order valence-corrected chi connectivity index (χ1v) is 7.25. The molecule has 0 aliphatic heterocycles. The van der Waals surface area contributed by atoms with Crippen molar-refractivity contribution in [1.29, 1.82) is 0 Å². The van der Waals surface area contributed by atoms with Crippen molar-refractivity contribution in [2.75, 3.05) is 10.7 Å². The van der Waals surface area contributed by atoms with E-state index in [4.69, 9.17) is 5.84 Å². The van der Waals surface area contributed by atoms with Gasteiger partial charge >= 0.3 is 0 Å². The van der Waals surface area contributed by atoms with E-state index in [0.29, 0.717) is 29.8 Å². The average molecular weight is 288 g/mol. The summed E-state index contributed by atoms with van der Waals surface area (Å²) in [5, 5.41) is 7.49. The van der Waals surface area contributed by atoms with E-state index in [1.807, 2.05) is 6.07 Å². The van der Waals surface area contributed by atoms with Crippen molar-refractivity contribution in [3.05, 3.63) is 18.5 Å². The number of nitrogens with zero attached hydrogens (tertiary/aromatic N) is 5. The Morgan fingerprint density at radius 2 is 2.00 bits per heavy atom. The normalized spacial score (nSPS) is 16.9. The average Bonchev–Trinajstić information content (AvgIpc) is 3.19. The second kappa shape index (κ2) is 6.04. The fraction of sp³-hybridized carbons (Fsp3) is 0.538. The van der Waals surface area contributed by atoms with Crippen LogP contribution in [-0.2, 0) is 0 Å². The highest BCUT2D eigenvalue weighted by Crippen LogP contribution is 2.28. The maximum Gasteiger partial charge on any atom is 0.257 e. The van der Waals surface area contributed by atoms with Gasteiger partial charge in [-0.25, -0.2) is 10.5 Å². The Balaban J connectivity index is 1.82. The van der Waals surface area contributed by atoms with Crippen molar-refractivity contribution in [2.24, 2.45) is 11.8 Å². The minimum atomic E-state index is 0.316. The lowest BCUT2D eigenvalue weighted by molar-refractivity contribution is 0.479. The molecule has 0 saturated heterocycles. The Kier molecular flexibility index (Phi) is 3.96. The van der Waals surface area contributed by atoms with Crippen LogP contribution in [0, 0.1) is 5.92 Å². The molecule has 0 radical (unpaired) electrons. The van der Waals surface area contributed by atoms with Crippen LogP contribution in [0.2, 0.25) is 0 Å². The summed E-state index contributed by atoms with van der Waals surface area (Å²) in [5.41, 5.74) is 2.47. The van der Waals surface area contributed by atoms with Crippen LogP contribution in [0.15, 0.2) is 18.5 Å². The molecule has 1 unspecified atom stereocenters.